The monoisotopic (exact) mass is 490 g/mol. The van der Waals surface area contributed by atoms with Gasteiger partial charge >= 0.3 is 0 Å². The lowest BCUT2D eigenvalue weighted by Gasteiger charge is -2.32. The van der Waals surface area contributed by atoms with E-state index < -0.39 is 0 Å². The molecule has 36 heavy (non-hydrogen) atoms. The molecule has 0 bridgehead atoms. The lowest BCUT2D eigenvalue weighted by atomic mass is 10.0. The molecule has 1 aromatic heterocycles. The third-order valence-electron chi connectivity index (χ3n) is 7.99. The lowest BCUT2D eigenvalue weighted by molar-refractivity contribution is 0.229. The van der Waals surface area contributed by atoms with Crippen molar-refractivity contribution in [3.05, 3.63) is 17.7 Å². The largest absolute Gasteiger partial charge is 0.495 e. The van der Waals surface area contributed by atoms with Crippen LogP contribution in [0.4, 0.5) is 11.8 Å². The Bertz CT molecular complexity index is 1070. The maximum Gasteiger partial charge on any atom is 0.227 e. The Kier molecular flexibility index (Phi) is 8.45. The van der Waals surface area contributed by atoms with Gasteiger partial charge in [0.2, 0.25) is 5.95 Å². The van der Waals surface area contributed by atoms with Gasteiger partial charge in [-0.1, -0.05) is 18.8 Å². The van der Waals surface area contributed by atoms with Crippen LogP contribution in [-0.4, -0.2) is 85.3 Å². The van der Waals surface area contributed by atoms with Crippen molar-refractivity contribution < 1.29 is 4.74 Å². The van der Waals surface area contributed by atoms with E-state index in [1.54, 1.807) is 7.11 Å². The summed E-state index contributed by atoms with van der Waals surface area (Å²) in [6.45, 7) is 11.2. The molecule has 4 heterocycles. The van der Waals surface area contributed by atoms with Gasteiger partial charge in [0.05, 0.1) is 18.2 Å². The summed E-state index contributed by atoms with van der Waals surface area (Å²) in [5.74, 6) is 9.35. The molecule has 0 aliphatic carbocycles. The average molecular weight is 491 g/mol. The van der Waals surface area contributed by atoms with Crippen molar-refractivity contribution in [1.82, 2.24) is 19.8 Å². The van der Waals surface area contributed by atoms with Crippen LogP contribution in [0.15, 0.2) is 12.1 Å². The van der Waals surface area contributed by atoms with E-state index in [9.17, 15) is 0 Å². The van der Waals surface area contributed by atoms with Crippen molar-refractivity contribution in [2.45, 2.75) is 64.3 Å². The minimum Gasteiger partial charge on any atom is -0.495 e. The van der Waals surface area contributed by atoms with Gasteiger partial charge in [-0.15, -0.1) is 0 Å². The van der Waals surface area contributed by atoms with Gasteiger partial charge in [-0.3, -0.25) is 0 Å². The number of likely N-dealkylation sites (tertiary alicyclic amines) is 2. The molecule has 3 aliphatic heterocycles. The third kappa shape index (κ3) is 6.04. The molecule has 194 valence electrons. The summed E-state index contributed by atoms with van der Waals surface area (Å²) in [4.78, 5) is 17.5. The molecule has 0 radical (unpaired) electrons. The van der Waals surface area contributed by atoms with Crippen molar-refractivity contribution in [3.63, 3.8) is 0 Å². The first kappa shape index (κ1) is 25.1. The molecular weight excluding hydrogens is 448 g/mol. The fourth-order valence-electron chi connectivity index (χ4n) is 5.72. The number of piperidine rings is 2. The first-order valence-electron chi connectivity index (χ1n) is 14.1. The van der Waals surface area contributed by atoms with E-state index in [0.717, 1.165) is 92.5 Å². The molecule has 0 unspecified atom stereocenters. The van der Waals surface area contributed by atoms with Gasteiger partial charge in [-0.2, -0.15) is 4.98 Å². The molecule has 3 fully saturated rings. The fourth-order valence-corrected chi connectivity index (χ4v) is 5.72. The van der Waals surface area contributed by atoms with Crippen molar-refractivity contribution in [3.8, 4) is 17.6 Å². The average Bonchev–Trinajstić information content (AvgIpc) is 3.45. The molecular formula is C29H42N6O. The minimum absolute atomic E-state index is 0.427. The van der Waals surface area contributed by atoms with Gasteiger partial charge in [0.1, 0.15) is 11.6 Å². The van der Waals surface area contributed by atoms with Crippen LogP contribution in [0.2, 0.25) is 0 Å². The van der Waals surface area contributed by atoms with Crippen LogP contribution in [-0.2, 0) is 0 Å². The lowest BCUT2D eigenvalue weighted by Crippen LogP contribution is -2.39. The number of aromatic nitrogens is 2. The van der Waals surface area contributed by atoms with Gasteiger partial charge < -0.3 is 24.8 Å². The quantitative estimate of drug-likeness (QED) is 0.579. The second-order valence-corrected chi connectivity index (χ2v) is 10.4. The number of fused-ring (bicyclic) bond motifs is 1. The highest BCUT2D eigenvalue weighted by atomic mass is 16.5. The summed E-state index contributed by atoms with van der Waals surface area (Å²) in [5.41, 5.74) is 1.86. The molecule has 0 amide bonds. The highest BCUT2D eigenvalue weighted by Gasteiger charge is 2.22. The topological polar surface area (TPSA) is 56.8 Å². The van der Waals surface area contributed by atoms with E-state index in [-0.39, 0.29) is 0 Å². The molecule has 1 aromatic carbocycles. The second kappa shape index (κ2) is 12.1. The summed E-state index contributed by atoms with van der Waals surface area (Å²) in [5, 5.41) is 4.82. The number of benzene rings is 1. The molecule has 0 saturated carbocycles. The maximum atomic E-state index is 5.79. The Labute approximate surface area is 216 Å². The van der Waals surface area contributed by atoms with Crippen LogP contribution in [0.1, 0.15) is 63.9 Å². The minimum atomic E-state index is 0.427. The number of hydrogen-bond acceptors (Lipinski definition) is 7. The third-order valence-corrected chi connectivity index (χ3v) is 7.99. The zero-order valence-corrected chi connectivity index (χ0v) is 22.2. The van der Waals surface area contributed by atoms with Gasteiger partial charge in [-0.05, 0) is 76.7 Å². The Balaban J connectivity index is 1.43. The molecule has 7 nitrogen and oxygen atoms in total. The number of nitrogens with one attached hydrogen (secondary N) is 1. The van der Waals surface area contributed by atoms with Crippen molar-refractivity contribution in [2.24, 2.45) is 0 Å². The normalized spacial score (nSPS) is 19.9. The molecule has 0 spiro atoms. The highest BCUT2D eigenvalue weighted by Crippen LogP contribution is 2.32. The fraction of sp³-hybridized carbons (Fsp3) is 0.655. The predicted octanol–water partition coefficient (Wildman–Crippen LogP) is 4.36. The Morgan fingerprint density at radius 3 is 2.42 bits per heavy atom. The second-order valence-electron chi connectivity index (χ2n) is 10.4. The molecule has 2 aromatic rings. The summed E-state index contributed by atoms with van der Waals surface area (Å²) in [6.07, 6.45) is 9.49. The van der Waals surface area contributed by atoms with Crippen molar-refractivity contribution in [1.29, 1.82) is 0 Å². The SMILES string of the molecule is CCN1CCC(Nc2nc(N3CCCCC3)nc3cc(C#CCCN4CCCC4)c(OC)cc23)CC1. The Morgan fingerprint density at radius 1 is 0.944 bits per heavy atom. The predicted molar refractivity (Wildman–Crippen MR) is 148 cm³/mol. The van der Waals surface area contributed by atoms with Crippen LogP contribution in [0.3, 0.4) is 0 Å². The number of ether oxygens (including phenoxy) is 1. The Hall–Kier alpha value is -2.56. The molecule has 1 N–H and O–H groups in total. The van der Waals surface area contributed by atoms with E-state index in [2.05, 4.69) is 50.9 Å². The van der Waals surface area contributed by atoms with Crippen LogP contribution < -0.4 is 15.0 Å². The van der Waals surface area contributed by atoms with E-state index in [1.165, 1.54) is 45.2 Å². The van der Waals surface area contributed by atoms with Crippen LogP contribution in [0, 0.1) is 11.8 Å². The smallest absolute Gasteiger partial charge is 0.227 e. The number of nitrogens with zero attached hydrogens (tertiary/aromatic N) is 5. The first-order valence-corrected chi connectivity index (χ1v) is 14.1. The molecule has 0 atom stereocenters. The number of hydrogen-bond donors (Lipinski definition) is 1. The zero-order valence-electron chi connectivity index (χ0n) is 22.2. The summed E-state index contributed by atoms with van der Waals surface area (Å²) in [7, 11) is 1.73. The van der Waals surface area contributed by atoms with E-state index >= 15 is 0 Å². The van der Waals surface area contributed by atoms with Crippen molar-refractivity contribution >= 4 is 22.7 Å². The van der Waals surface area contributed by atoms with Crippen molar-refractivity contribution in [2.75, 3.05) is 69.7 Å². The van der Waals surface area contributed by atoms with Gasteiger partial charge in [-0.25, -0.2) is 4.98 Å². The van der Waals surface area contributed by atoms with Gasteiger partial charge in [0.15, 0.2) is 0 Å². The molecule has 3 aliphatic rings. The number of anilines is 2. The molecule has 5 rings (SSSR count). The summed E-state index contributed by atoms with van der Waals surface area (Å²) in [6, 6.07) is 4.62. The Morgan fingerprint density at radius 2 is 1.69 bits per heavy atom. The van der Waals surface area contributed by atoms with Gasteiger partial charge in [0.25, 0.3) is 0 Å². The summed E-state index contributed by atoms with van der Waals surface area (Å²) >= 11 is 0. The van der Waals surface area contributed by atoms with Gasteiger partial charge in [0, 0.05) is 50.6 Å². The van der Waals surface area contributed by atoms with E-state index in [0.29, 0.717) is 6.04 Å². The first-order chi connectivity index (χ1) is 17.7. The standard InChI is InChI=1S/C29H42N6O/c1-3-33-19-12-24(13-20-33)30-28-25-22-27(36-2)23(11-5-8-14-34-15-9-10-16-34)21-26(25)31-29(32-28)35-17-6-4-7-18-35/h21-22,24H,3-4,6-10,12-20H2,1-2H3,(H,30,31,32). The van der Waals surface area contributed by atoms with Crippen LogP contribution in [0.5, 0.6) is 5.75 Å². The van der Waals surface area contributed by atoms with E-state index in [1.807, 2.05) is 0 Å². The van der Waals surface area contributed by atoms with E-state index in [4.69, 9.17) is 14.7 Å². The maximum absolute atomic E-state index is 5.79. The number of rotatable bonds is 7. The highest BCUT2D eigenvalue weighted by molar-refractivity contribution is 5.93. The van der Waals surface area contributed by atoms with Crippen LogP contribution >= 0.6 is 0 Å². The van der Waals surface area contributed by atoms with Crippen LogP contribution in [0.25, 0.3) is 10.9 Å². The zero-order chi connectivity index (χ0) is 24.7. The summed E-state index contributed by atoms with van der Waals surface area (Å²) < 4.78 is 5.79. The number of methoxy groups -OCH3 is 1. The molecule has 3 saturated heterocycles. The molecule has 7 heteroatoms.